The van der Waals surface area contributed by atoms with Crippen molar-refractivity contribution < 1.29 is 17.9 Å². The van der Waals surface area contributed by atoms with Gasteiger partial charge in [-0.05, 0) is 73.0 Å². The van der Waals surface area contributed by atoms with Crippen molar-refractivity contribution in [3.63, 3.8) is 0 Å². The summed E-state index contributed by atoms with van der Waals surface area (Å²) < 4.78 is 31.2. The highest BCUT2D eigenvalue weighted by atomic mass is 35.5. The molecule has 1 saturated heterocycles. The third-order valence-corrected chi connectivity index (χ3v) is 8.79. The minimum absolute atomic E-state index is 0.0231. The van der Waals surface area contributed by atoms with E-state index >= 15 is 0 Å². The van der Waals surface area contributed by atoms with Crippen LogP contribution in [0.3, 0.4) is 0 Å². The van der Waals surface area contributed by atoms with E-state index in [2.05, 4.69) is 21.8 Å². The van der Waals surface area contributed by atoms with E-state index < -0.39 is 10.0 Å². The SMILES string of the molecule is COCCN(CC(=O)N(C)C(CN1CCCC1)c1ccc(-c2cccc(NS(C)(=O)=O)c2)cc1)c1ccc(Cl)c(Cl)c1. The summed E-state index contributed by atoms with van der Waals surface area (Å²) in [6, 6.07) is 20.7. The summed E-state index contributed by atoms with van der Waals surface area (Å²) in [4.78, 5) is 20.0. The maximum atomic E-state index is 13.8. The summed E-state index contributed by atoms with van der Waals surface area (Å²) in [5.41, 5.74) is 4.19. The van der Waals surface area contributed by atoms with Crippen molar-refractivity contribution in [3.8, 4) is 11.1 Å². The molecule has 1 atom stereocenters. The molecule has 226 valence electrons. The van der Waals surface area contributed by atoms with Gasteiger partial charge in [0.25, 0.3) is 0 Å². The van der Waals surface area contributed by atoms with Gasteiger partial charge in [-0.25, -0.2) is 8.42 Å². The zero-order valence-electron chi connectivity index (χ0n) is 24.2. The largest absolute Gasteiger partial charge is 0.383 e. The van der Waals surface area contributed by atoms with Crippen LogP contribution in [0.25, 0.3) is 11.1 Å². The van der Waals surface area contributed by atoms with E-state index in [4.69, 9.17) is 27.9 Å². The molecular formula is C31H38Cl2N4O4S. The lowest BCUT2D eigenvalue weighted by Crippen LogP contribution is -2.44. The van der Waals surface area contributed by atoms with Crippen LogP contribution in [0.4, 0.5) is 11.4 Å². The van der Waals surface area contributed by atoms with Crippen molar-refractivity contribution in [2.24, 2.45) is 0 Å². The number of hydrogen-bond donors (Lipinski definition) is 1. The number of carbonyl (C=O) groups excluding carboxylic acids is 1. The first-order chi connectivity index (χ1) is 20.0. The number of methoxy groups -OCH3 is 1. The second kappa shape index (κ2) is 14.6. The maximum Gasteiger partial charge on any atom is 0.242 e. The van der Waals surface area contributed by atoms with E-state index in [0.29, 0.717) is 28.9 Å². The summed E-state index contributed by atoms with van der Waals surface area (Å²) >= 11 is 12.4. The Morgan fingerprint density at radius 1 is 1.00 bits per heavy atom. The quantitative estimate of drug-likeness (QED) is 0.257. The maximum absolute atomic E-state index is 13.8. The number of sulfonamides is 1. The van der Waals surface area contributed by atoms with Crippen molar-refractivity contribution in [2.75, 3.05) is 69.4 Å². The van der Waals surface area contributed by atoms with Crippen LogP contribution in [-0.2, 0) is 19.6 Å². The monoisotopic (exact) mass is 632 g/mol. The number of benzene rings is 3. The molecule has 1 amide bonds. The summed E-state index contributed by atoms with van der Waals surface area (Å²) in [5, 5.41) is 0.894. The van der Waals surface area contributed by atoms with Crippen molar-refractivity contribution in [2.45, 2.75) is 18.9 Å². The predicted molar refractivity (Wildman–Crippen MR) is 172 cm³/mol. The molecule has 4 rings (SSSR count). The second-order valence-electron chi connectivity index (χ2n) is 10.6. The number of halogens is 2. The molecule has 1 fully saturated rings. The summed E-state index contributed by atoms with van der Waals surface area (Å²) in [6.07, 6.45) is 3.45. The number of nitrogens with one attached hydrogen (secondary N) is 1. The number of ether oxygens (including phenoxy) is 1. The Hall–Kier alpha value is -2.82. The van der Waals surface area contributed by atoms with E-state index in [-0.39, 0.29) is 18.5 Å². The zero-order chi connectivity index (χ0) is 30.3. The molecular weight excluding hydrogens is 595 g/mol. The number of carbonyl (C=O) groups is 1. The smallest absolute Gasteiger partial charge is 0.242 e. The molecule has 1 N–H and O–H groups in total. The van der Waals surface area contributed by atoms with Gasteiger partial charge < -0.3 is 19.4 Å². The predicted octanol–water partition coefficient (Wildman–Crippen LogP) is 5.78. The third-order valence-electron chi connectivity index (χ3n) is 7.45. The highest BCUT2D eigenvalue weighted by Gasteiger charge is 2.27. The summed E-state index contributed by atoms with van der Waals surface area (Å²) in [7, 11) is 0.122. The molecule has 0 aromatic heterocycles. The van der Waals surface area contributed by atoms with E-state index in [1.165, 1.54) is 0 Å². The fraction of sp³-hybridized carbons (Fsp3) is 0.387. The van der Waals surface area contributed by atoms with E-state index in [9.17, 15) is 13.2 Å². The Morgan fingerprint density at radius 2 is 1.71 bits per heavy atom. The van der Waals surface area contributed by atoms with Crippen molar-refractivity contribution in [1.29, 1.82) is 0 Å². The van der Waals surface area contributed by atoms with Gasteiger partial charge in [-0.1, -0.05) is 59.6 Å². The van der Waals surface area contributed by atoms with Gasteiger partial charge in [-0.15, -0.1) is 0 Å². The molecule has 0 saturated carbocycles. The van der Waals surface area contributed by atoms with Crippen LogP contribution in [0, 0.1) is 0 Å². The lowest BCUT2D eigenvalue weighted by Gasteiger charge is -2.34. The molecule has 1 unspecified atom stereocenters. The van der Waals surface area contributed by atoms with Crippen LogP contribution in [0.15, 0.2) is 66.7 Å². The molecule has 1 aliphatic rings. The van der Waals surface area contributed by atoms with Crippen LogP contribution in [-0.4, -0.2) is 83.9 Å². The summed E-state index contributed by atoms with van der Waals surface area (Å²) in [6.45, 7) is 3.90. The third kappa shape index (κ3) is 8.84. The van der Waals surface area contributed by atoms with Crippen LogP contribution in [0.2, 0.25) is 10.0 Å². The van der Waals surface area contributed by atoms with Gasteiger partial charge in [-0.3, -0.25) is 9.52 Å². The molecule has 3 aromatic carbocycles. The molecule has 3 aromatic rings. The fourth-order valence-electron chi connectivity index (χ4n) is 5.17. The standard InChI is InChI=1S/C31H38Cl2N4O4S/c1-35(31(38)22-37(17-18-41-2)27-13-14-28(32)29(33)20-27)30(21-36-15-4-5-16-36)24-11-9-23(10-12-24)25-7-6-8-26(19-25)34-42(3,39)40/h6-14,19-20,30,34H,4-5,15-18,21-22H2,1-3H3. The molecule has 0 spiro atoms. The minimum atomic E-state index is -3.37. The minimum Gasteiger partial charge on any atom is -0.383 e. The molecule has 0 aliphatic carbocycles. The van der Waals surface area contributed by atoms with Gasteiger partial charge in [0.1, 0.15) is 0 Å². The van der Waals surface area contributed by atoms with Crippen molar-refractivity contribution >= 4 is 50.5 Å². The van der Waals surface area contributed by atoms with Gasteiger partial charge in [-0.2, -0.15) is 0 Å². The Labute approximate surface area is 259 Å². The number of likely N-dealkylation sites (tertiary alicyclic amines) is 1. The molecule has 1 aliphatic heterocycles. The first-order valence-electron chi connectivity index (χ1n) is 13.9. The van der Waals surface area contributed by atoms with Crippen LogP contribution in [0.1, 0.15) is 24.4 Å². The highest BCUT2D eigenvalue weighted by Crippen LogP contribution is 2.30. The average Bonchev–Trinajstić information content (AvgIpc) is 3.48. The Kier molecular flexibility index (Phi) is 11.1. The first-order valence-corrected chi connectivity index (χ1v) is 16.5. The Morgan fingerprint density at radius 3 is 2.36 bits per heavy atom. The topological polar surface area (TPSA) is 82.2 Å². The van der Waals surface area contributed by atoms with Crippen LogP contribution in [0.5, 0.6) is 0 Å². The molecule has 1 heterocycles. The molecule has 42 heavy (non-hydrogen) atoms. The molecule has 8 nitrogen and oxygen atoms in total. The van der Waals surface area contributed by atoms with Gasteiger partial charge >= 0.3 is 0 Å². The zero-order valence-corrected chi connectivity index (χ0v) is 26.6. The molecule has 11 heteroatoms. The number of hydrogen-bond acceptors (Lipinski definition) is 6. The van der Waals surface area contributed by atoms with E-state index in [1.54, 1.807) is 25.3 Å². The number of likely N-dealkylation sites (N-methyl/N-ethyl adjacent to an activating group) is 1. The van der Waals surface area contributed by atoms with Gasteiger partial charge in [0.05, 0.1) is 35.5 Å². The van der Waals surface area contributed by atoms with Crippen molar-refractivity contribution in [1.82, 2.24) is 9.80 Å². The molecule has 0 bridgehead atoms. The average molecular weight is 634 g/mol. The summed E-state index contributed by atoms with van der Waals surface area (Å²) in [5.74, 6) is -0.0231. The van der Waals surface area contributed by atoms with Crippen LogP contribution < -0.4 is 9.62 Å². The number of rotatable bonds is 13. The fourth-order valence-corrected chi connectivity index (χ4v) is 6.01. The van der Waals surface area contributed by atoms with E-state index in [1.807, 2.05) is 53.2 Å². The Bertz CT molecular complexity index is 1460. The van der Waals surface area contributed by atoms with Crippen LogP contribution >= 0.6 is 23.2 Å². The number of nitrogens with zero attached hydrogens (tertiary/aromatic N) is 3. The Balaban J connectivity index is 1.56. The molecule has 0 radical (unpaired) electrons. The lowest BCUT2D eigenvalue weighted by atomic mass is 9.99. The normalized spacial score (nSPS) is 14.5. The number of amides is 1. The van der Waals surface area contributed by atoms with Gasteiger partial charge in [0.15, 0.2) is 0 Å². The second-order valence-corrected chi connectivity index (χ2v) is 13.2. The van der Waals surface area contributed by atoms with E-state index in [0.717, 1.165) is 61.1 Å². The van der Waals surface area contributed by atoms with Gasteiger partial charge in [0.2, 0.25) is 15.9 Å². The number of anilines is 2. The van der Waals surface area contributed by atoms with Gasteiger partial charge in [0, 0.05) is 38.6 Å². The highest BCUT2D eigenvalue weighted by molar-refractivity contribution is 7.92. The first kappa shape index (κ1) is 32.1. The lowest BCUT2D eigenvalue weighted by molar-refractivity contribution is -0.131. The van der Waals surface area contributed by atoms with Crippen molar-refractivity contribution in [3.05, 3.63) is 82.3 Å².